The summed E-state index contributed by atoms with van der Waals surface area (Å²) in [5.74, 6) is 1.08. The standard InChI is InChI=1S/C26H25N3O3.ClH/c1-28(2)9-10-32-18-7-8-21-16(11-18)12-22(27-21)25(31)29-15-17-14-26(17)20-6-4-3-5-19(20)23(30)13-24(26)29;/h3-8,11-13,17,27H,9-10,14-15H2,1-2H3;1H/t17-,26-;/m1./s1. The molecule has 3 aliphatic rings. The first-order valence-corrected chi connectivity index (χ1v) is 11.1. The van der Waals surface area contributed by atoms with Crippen molar-refractivity contribution in [2.75, 3.05) is 33.8 Å². The van der Waals surface area contributed by atoms with Gasteiger partial charge < -0.3 is 19.5 Å². The first kappa shape index (κ1) is 21.7. The maximum atomic E-state index is 13.5. The van der Waals surface area contributed by atoms with Gasteiger partial charge in [-0.15, -0.1) is 12.4 Å². The van der Waals surface area contributed by atoms with Gasteiger partial charge in [-0.05, 0) is 56.3 Å². The van der Waals surface area contributed by atoms with E-state index in [0.29, 0.717) is 24.8 Å². The lowest BCUT2D eigenvalue weighted by atomic mass is 9.81. The number of aromatic nitrogens is 1. The molecule has 1 saturated heterocycles. The Balaban J connectivity index is 0.00000228. The summed E-state index contributed by atoms with van der Waals surface area (Å²) in [7, 11) is 4.02. The van der Waals surface area contributed by atoms with E-state index in [1.165, 1.54) is 0 Å². The number of rotatable bonds is 5. The normalized spacial score (nSPS) is 22.4. The van der Waals surface area contributed by atoms with Crippen molar-refractivity contribution in [2.45, 2.75) is 11.8 Å². The van der Waals surface area contributed by atoms with E-state index in [4.69, 9.17) is 4.74 Å². The van der Waals surface area contributed by atoms with Crippen LogP contribution in [0.2, 0.25) is 0 Å². The third kappa shape index (κ3) is 3.28. The Hall–Kier alpha value is -3.09. The Morgan fingerprint density at radius 3 is 2.85 bits per heavy atom. The molecule has 7 heteroatoms. The number of likely N-dealkylation sites (tertiary alicyclic amines) is 1. The minimum Gasteiger partial charge on any atom is -0.492 e. The number of H-pyrrole nitrogens is 1. The molecule has 1 spiro atoms. The molecule has 1 amide bonds. The van der Waals surface area contributed by atoms with Crippen molar-refractivity contribution in [1.29, 1.82) is 0 Å². The Kier molecular flexibility index (Phi) is 5.10. The zero-order valence-corrected chi connectivity index (χ0v) is 19.4. The maximum absolute atomic E-state index is 13.5. The molecule has 6 nitrogen and oxygen atoms in total. The fourth-order valence-electron chi connectivity index (χ4n) is 5.39. The van der Waals surface area contributed by atoms with Gasteiger partial charge >= 0.3 is 0 Å². The first-order valence-electron chi connectivity index (χ1n) is 11.1. The van der Waals surface area contributed by atoms with Crippen LogP contribution in [0.4, 0.5) is 0 Å². The van der Waals surface area contributed by atoms with E-state index >= 15 is 0 Å². The molecule has 33 heavy (non-hydrogen) atoms. The second-order valence-corrected chi connectivity index (χ2v) is 9.31. The highest BCUT2D eigenvalue weighted by Gasteiger charge is 2.67. The van der Waals surface area contributed by atoms with Gasteiger partial charge in [0.15, 0.2) is 5.78 Å². The number of halogens is 1. The Labute approximate surface area is 198 Å². The van der Waals surface area contributed by atoms with Crippen LogP contribution < -0.4 is 4.74 Å². The average molecular weight is 464 g/mol. The molecule has 6 rings (SSSR count). The maximum Gasteiger partial charge on any atom is 0.274 e. The monoisotopic (exact) mass is 463 g/mol. The summed E-state index contributed by atoms with van der Waals surface area (Å²) >= 11 is 0. The number of piperidine rings is 1. The summed E-state index contributed by atoms with van der Waals surface area (Å²) in [6.45, 7) is 2.10. The molecular weight excluding hydrogens is 438 g/mol. The zero-order chi connectivity index (χ0) is 22.0. The van der Waals surface area contributed by atoms with Crippen LogP contribution in [0.15, 0.2) is 60.3 Å². The van der Waals surface area contributed by atoms with Crippen LogP contribution in [0, 0.1) is 5.92 Å². The van der Waals surface area contributed by atoms with Crippen molar-refractivity contribution in [3.05, 3.63) is 77.1 Å². The van der Waals surface area contributed by atoms with E-state index in [-0.39, 0.29) is 29.5 Å². The van der Waals surface area contributed by atoms with E-state index < -0.39 is 0 Å². The highest BCUT2D eigenvalue weighted by Crippen LogP contribution is 2.66. The summed E-state index contributed by atoms with van der Waals surface area (Å²) in [4.78, 5) is 33.4. The number of hydrogen-bond donors (Lipinski definition) is 1. The number of carbonyl (C=O) groups is 2. The molecule has 1 aliphatic heterocycles. The third-order valence-corrected chi connectivity index (χ3v) is 7.07. The van der Waals surface area contributed by atoms with Gasteiger partial charge in [-0.25, -0.2) is 0 Å². The van der Waals surface area contributed by atoms with Crippen molar-refractivity contribution in [1.82, 2.24) is 14.8 Å². The van der Waals surface area contributed by atoms with E-state index in [1.807, 2.05) is 56.6 Å². The average Bonchev–Trinajstić information content (AvgIpc) is 3.17. The number of likely N-dealkylation sites (N-methyl/N-ethyl adjacent to an activating group) is 1. The summed E-state index contributed by atoms with van der Waals surface area (Å²) in [5.41, 5.74) is 3.99. The summed E-state index contributed by atoms with van der Waals surface area (Å²) in [6, 6.07) is 15.5. The number of ketones is 1. The second-order valence-electron chi connectivity index (χ2n) is 9.31. The molecule has 0 unspecified atom stereocenters. The third-order valence-electron chi connectivity index (χ3n) is 7.07. The number of carbonyl (C=O) groups excluding carboxylic acids is 2. The number of aromatic amines is 1. The molecule has 1 N–H and O–H groups in total. The largest absolute Gasteiger partial charge is 0.492 e. The topological polar surface area (TPSA) is 65.6 Å². The van der Waals surface area contributed by atoms with Gasteiger partial charge in [0.05, 0.1) is 0 Å². The summed E-state index contributed by atoms with van der Waals surface area (Å²) in [5, 5.41) is 0.939. The van der Waals surface area contributed by atoms with Gasteiger partial charge in [0, 0.05) is 46.7 Å². The Morgan fingerprint density at radius 2 is 2.03 bits per heavy atom. The predicted octanol–water partition coefficient (Wildman–Crippen LogP) is 4.02. The number of hydrogen-bond acceptors (Lipinski definition) is 4. The number of fused-ring (bicyclic) bond motifs is 2. The van der Waals surface area contributed by atoms with Crippen molar-refractivity contribution in [2.24, 2.45) is 5.92 Å². The molecule has 2 atom stereocenters. The van der Waals surface area contributed by atoms with Crippen molar-refractivity contribution in [3.8, 4) is 5.75 Å². The molecule has 170 valence electrons. The zero-order valence-electron chi connectivity index (χ0n) is 18.6. The minimum atomic E-state index is -0.167. The van der Waals surface area contributed by atoms with Gasteiger partial charge in [-0.1, -0.05) is 24.3 Å². The summed E-state index contributed by atoms with van der Waals surface area (Å²) < 4.78 is 5.83. The number of ether oxygens (including phenoxy) is 1. The van der Waals surface area contributed by atoms with Crippen LogP contribution in [0.1, 0.15) is 32.8 Å². The van der Waals surface area contributed by atoms with Gasteiger partial charge in [0.25, 0.3) is 5.91 Å². The van der Waals surface area contributed by atoms with Gasteiger partial charge in [0.1, 0.15) is 18.1 Å². The molecule has 2 heterocycles. The number of benzene rings is 2. The molecule has 2 fully saturated rings. The predicted molar refractivity (Wildman–Crippen MR) is 129 cm³/mol. The number of nitrogens with zero attached hydrogens (tertiary/aromatic N) is 2. The summed E-state index contributed by atoms with van der Waals surface area (Å²) in [6.07, 6.45) is 2.69. The highest BCUT2D eigenvalue weighted by atomic mass is 35.5. The molecule has 1 aromatic heterocycles. The number of allylic oxidation sites excluding steroid dienone is 2. The van der Waals surface area contributed by atoms with Gasteiger partial charge in [0.2, 0.25) is 0 Å². The van der Waals surface area contributed by atoms with Crippen molar-refractivity contribution < 1.29 is 14.3 Å². The quantitative estimate of drug-likeness (QED) is 0.620. The highest BCUT2D eigenvalue weighted by molar-refractivity contribution is 6.10. The molecular formula is C26H26ClN3O3. The Morgan fingerprint density at radius 1 is 1.21 bits per heavy atom. The molecule has 3 aromatic rings. The second kappa shape index (κ2) is 7.75. The van der Waals surface area contributed by atoms with Gasteiger partial charge in [-0.3, -0.25) is 9.59 Å². The molecule has 0 radical (unpaired) electrons. The minimum absolute atomic E-state index is 0. The lowest BCUT2D eigenvalue weighted by Crippen LogP contribution is -2.33. The smallest absolute Gasteiger partial charge is 0.274 e. The fourth-order valence-corrected chi connectivity index (χ4v) is 5.39. The van der Waals surface area contributed by atoms with Crippen LogP contribution in [-0.4, -0.2) is 60.3 Å². The number of nitrogens with one attached hydrogen (secondary N) is 1. The Bertz CT molecular complexity index is 1310. The van der Waals surface area contributed by atoms with Crippen LogP contribution in [0.5, 0.6) is 5.75 Å². The first-order chi connectivity index (χ1) is 15.5. The molecule has 0 bridgehead atoms. The van der Waals surface area contributed by atoms with Crippen LogP contribution in [0.3, 0.4) is 0 Å². The van der Waals surface area contributed by atoms with E-state index in [9.17, 15) is 9.59 Å². The van der Waals surface area contributed by atoms with Crippen molar-refractivity contribution >= 4 is 35.0 Å². The lowest BCUT2D eigenvalue weighted by Gasteiger charge is -2.29. The van der Waals surface area contributed by atoms with E-state index in [0.717, 1.165) is 46.4 Å². The lowest BCUT2D eigenvalue weighted by molar-refractivity contribution is 0.0806. The van der Waals surface area contributed by atoms with Crippen LogP contribution in [-0.2, 0) is 5.41 Å². The number of amides is 1. The molecule has 1 saturated carbocycles. The molecule has 2 aliphatic carbocycles. The van der Waals surface area contributed by atoms with Crippen LogP contribution >= 0.6 is 12.4 Å². The SMILES string of the molecule is CN(C)CCOc1ccc2[nH]c(C(=O)N3C[C@H]4C[C@@]45C3=CC(=O)c3ccccc35)cc2c1.Cl. The van der Waals surface area contributed by atoms with E-state index in [2.05, 4.69) is 16.0 Å². The van der Waals surface area contributed by atoms with Gasteiger partial charge in [-0.2, -0.15) is 0 Å². The van der Waals surface area contributed by atoms with Crippen LogP contribution in [0.25, 0.3) is 10.9 Å². The van der Waals surface area contributed by atoms with Crippen molar-refractivity contribution in [3.63, 3.8) is 0 Å². The molecule has 2 aromatic carbocycles. The fraction of sp³-hybridized carbons (Fsp3) is 0.308. The van der Waals surface area contributed by atoms with E-state index in [1.54, 1.807) is 11.0 Å².